The Balaban J connectivity index is 2.54. The minimum absolute atomic E-state index is 0.510. The fourth-order valence-corrected chi connectivity index (χ4v) is 1.17. The van der Waals surface area contributed by atoms with Gasteiger partial charge in [-0.2, -0.15) is 0 Å². The first-order valence-corrected chi connectivity index (χ1v) is 3.10. The predicted molar refractivity (Wildman–Crippen MR) is 30.7 cm³/mol. The van der Waals surface area contributed by atoms with Crippen molar-refractivity contribution in [2.75, 3.05) is 0 Å². The fourth-order valence-electron chi connectivity index (χ4n) is 0.931. The van der Waals surface area contributed by atoms with Crippen molar-refractivity contribution in [3.8, 4) is 0 Å². The van der Waals surface area contributed by atoms with Crippen molar-refractivity contribution in [3.05, 3.63) is 0 Å². The topological polar surface area (TPSA) is 40.5 Å². The normalized spacial score (nSPS) is 47.6. The van der Waals surface area contributed by atoms with Crippen LogP contribution in [0.15, 0.2) is 0 Å². The number of halogens is 1. The van der Waals surface area contributed by atoms with Crippen molar-refractivity contribution in [2.24, 2.45) is 0 Å². The predicted octanol–water partition coefficient (Wildman–Crippen LogP) is 0.459. The molecule has 0 heterocycles. The van der Waals surface area contributed by atoms with Gasteiger partial charge < -0.3 is 10.2 Å². The van der Waals surface area contributed by atoms with Crippen LogP contribution in [0.5, 0.6) is 0 Å². The van der Waals surface area contributed by atoms with Gasteiger partial charge >= 0.3 is 0 Å². The van der Waals surface area contributed by atoms with E-state index in [9.17, 15) is 0 Å². The van der Waals surface area contributed by atoms with E-state index in [0.29, 0.717) is 12.8 Å². The lowest BCUT2D eigenvalue weighted by atomic mass is 10.3. The molecular formula is C5H9ClO2. The largest absolute Gasteiger partial charge is 0.389 e. The van der Waals surface area contributed by atoms with Crippen molar-refractivity contribution < 1.29 is 10.2 Å². The minimum Gasteiger partial charge on any atom is -0.389 e. The van der Waals surface area contributed by atoms with E-state index in [-0.39, 0.29) is 0 Å². The van der Waals surface area contributed by atoms with Crippen LogP contribution in [-0.2, 0) is 0 Å². The molecular weight excluding hydrogens is 128 g/mol. The second kappa shape index (κ2) is 1.87. The Bertz CT molecular complexity index is 92.4. The number of rotatable bonds is 0. The van der Waals surface area contributed by atoms with Gasteiger partial charge in [0.2, 0.25) is 0 Å². The van der Waals surface area contributed by atoms with Crippen LogP contribution < -0.4 is 0 Å². The maximum absolute atomic E-state index is 8.98. The number of alkyl halides is 1. The average Bonchev–Trinajstić information content (AvgIpc) is 1.86. The fraction of sp³-hybridized carbons (Fsp3) is 1.00. The molecule has 8 heavy (non-hydrogen) atoms. The van der Waals surface area contributed by atoms with Gasteiger partial charge in [0.15, 0.2) is 5.06 Å². The van der Waals surface area contributed by atoms with Gasteiger partial charge in [-0.05, 0) is 19.3 Å². The van der Waals surface area contributed by atoms with Crippen LogP contribution in [0.25, 0.3) is 0 Å². The smallest absolute Gasteiger partial charge is 0.164 e. The van der Waals surface area contributed by atoms with Crippen molar-refractivity contribution in [2.45, 2.75) is 30.4 Å². The van der Waals surface area contributed by atoms with Crippen LogP contribution in [0.1, 0.15) is 19.3 Å². The Morgan fingerprint density at radius 3 is 2.38 bits per heavy atom. The van der Waals surface area contributed by atoms with Crippen LogP contribution in [0.4, 0.5) is 0 Å². The lowest BCUT2D eigenvalue weighted by Crippen LogP contribution is -2.29. The third-order valence-electron chi connectivity index (χ3n) is 1.52. The summed E-state index contributed by atoms with van der Waals surface area (Å²) >= 11 is 5.42. The van der Waals surface area contributed by atoms with Gasteiger partial charge in [-0.15, -0.1) is 0 Å². The van der Waals surface area contributed by atoms with Gasteiger partial charge in [0.1, 0.15) is 0 Å². The number of hydrogen-bond acceptors (Lipinski definition) is 2. The Morgan fingerprint density at radius 1 is 1.62 bits per heavy atom. The molecule has 0 bridgehead atoms. The lowest BCUT2D eigenvalue weighted by molar-refractivity contribution is 0.0112. The molecule has 1 aliphatic rings. The molecule has 0 aromatic heterocycles. The van der Waals surface area contributed by atoms with E-state index in [1.54, 1.807) is 0 Å². The van der Waals surface area contributed by atoms with E-state index in [4.69, 9.17) is 21.8 Å². The van der Waals surface area contributed by atoms with Gasteiger partial charge in [0.05, 0.1) is 6.10 Å². The zero-order valence-electron chi connectivity index (χ0n) is 4.47. The monoisotopic (exact) mass is 136 g/mol. The first-order chi connectivity index (χ1) is 3.63. The first kappa shape index (κ1) is 6.33. The van der Waals surface area contributed by atoms with E-state index < -0.39 is 11.2 Å². The highest BCUT2D eigenvalue weighted by Gasteiger charge is 2.37. The van der Waals surface area contributed by atoms with Crippen LogP contribution in [0, 0.1) is 0 Å². The third kappa shape index (κ3) is 0.966. The number of aliphatic hydroxyl groups is 2. The van der Waals surface area contributed by atoms with Gasteiger partial charge in [0, 0.05) is 0 Å². The molecule has 1 fully saturated rings. The summed E-state index contributed by atoms with van der Waals surface area (Å²) in [5.74, 6) is 0. The summed E-state index contributed by atoms with van der Waals surface area (Å²) in [4.78, 5) is 0. The SMILES string of the molecule is OC1CCCC1(O)Cl. The van der Waals surface area contributed by atoms with Gasteiger partial charge in [-0.25, -0.2) is 0 Å². The molecule has 0 spiro atoms. The third-order valence-corrected chi connectivity index (χ3v) is 1.96. The van der Waals surface area contributed by atoms with Crippen LogP contribution in [-0.4, -0.2) is 21.4 Å². The van der Waals surface area contributed by atoms with Gasteiger partial charge in [-0.3, -0.25) is 0 Å². The molecule has 1 saturated carbocycles. The van der Waals surface area contributed by atoms with Crippen LogP contribution in [0.2, 0.25) is 0 Å². The van der Waals surface area contributed by atoms with Crippen molar-refractivity contribution >= 4 is 11.6 Å². The molecule has 0 aliphatic heterocycles. The molecule has 0 aromatic rings. The van der Waals surface area contributed by atoms with Crippen molar-refractivity contribution in [1.29, 1.82) is 0 Å². The molecule has 2 N–H and O–H groups in total. The molecule has 1 aliphatic carbocycles. The Morgan fingerprint density at radius 2 is 2.25 bits per heavy atom. The molecule has 0 aromatic carbocycles. The van der Waals surface area contributed by atoms with E-state index >= 15 is 0 Å². The zero-order valence-corrected chi connectivity index (χ0v) is 5.23. The summed E-state index contributed by atoms with van der Waals surface area (Å²) in [5.41, 5.74) is 0. The second-order valence-electron chi connectivity index (χ2n) is 2.23. The first-order valence-electron chi connectivity index (χ1n) is 2.72. The summed E-state index contributed by atoms with van der Waals surface area (Å²) in [5, 5.41) is 16.5. The highest BCUT2D eigenvalue weighted by molar-refractivity contribution is 6.23. The highest BCUT2D eigenvalue weighted by atomic mass is 35.5. The van der Waals surface area contributed by atoms with E-state index in [1.165, 1.54) is 0 Å². The summed E-state index contributed by atoms with van der Waals surface area (Å²) in [6, 6.07) is 0. The van der Waals surface area contributed by atoms with Crippen LogP contribution >= 0.6 is 11.6 Å². The molecule has 2 atom stereocenters. The van der Waals surface area contributed by atoms with Crippen molar-refractivity contribution in [3.63, 3.8) is 0 Å². The highest BCUT2D eigenvalue weighted by Crippen LogP contribution is 2.32. The number of aliphatic hydroxyl groups excluding tert-OH is 1. The Kier molecular flexibility index (Phi) is 1.48. The Labute approximate surface area is 53.1 Å². The average molecular weight is 137 g/mol. The molecule has 2 nitrogen and oxygen atoms in total. The standard InChI is InChI=1S/C5H9ClO2/c6-5(8)3-1-2-4(5)7/h4,7-8H,1-3H2. The van der Waals surface area contributed by atoms with Gasteiger partial charge in [-0.1, -0.05) is 11.6 Å². The van der Waals surface area contributed by atoms with Crippen LogP contribution in [0.3, 0.4) is 0 Å². The summed E-state index contributed by atoms with van der Waals surface area (Å²) in [6.45, 7) is 0. The quantitative estimate of drug-likeness (QED) is 0.475. The maximum Gasteiger partial charge on any atom is 0.164 e. The summed E-state index contributed by atoms with van der Waals surface area (Å²) < 4.78 is 0. The van der Waals surface area contributed by atoms with E-state index in [0.717, 1.165) is 6.42 Å². The Hall–Kier alpha value is 0.210. The maximum atomic E-state index is 8.98. The lowest BCUT2D eigenvalue weighted by Gasteiger charge is -2.16. The number of hydrogen-bond donors (Lipinski definition) is 2. The summed E-state index contributed by atoms with van der Waals surface area (Å²) in [7, 11) is 0. The molecule has 2 unspecified atom stereocenters. The van der Waals surface area contributed by atoms with Crippen molar-refractivity contribution in [1.82, 2.24) is 0 Å². The second-order valence-corrected chi connectivity index (χ2v) is 2.88. The molecule has 1 rings (SSSR count). The van der Waals surface area contributed by atoms with E-state index in [1.807, 2.05) is 0 Å². The molecule has 0 radical (unpaired) electrons. The minimum atomic E-state index is -1.32. The molecule has 3 heteroatoms. The molecule has 0 amide bonds. The zero-order chi connectivity index (χ0) is 6.20. The molecule has 48 valence electrons. The molecule has 0 saturated heterocycles. The van der Waals surface area contributed by atoms with Gasteiger partial charge in [0.25, 0.3) is 0 Å². The summed E-state index contributed by atoms with van der Waals surface area (Å²) in [6.07, 6.45) is 1.24. The van der Waals surface area contributed by atoms with E-state index in [2.05, 4.69) is 0 Å².